The first-order valence-electron chi connectivity index (χ1n) is 19.3. The molecule has 0 aliphatic carbocycles. The minimum absolute atomic E-state index is 0.0700. The van der Waals surface area contributed by atoms with Crippen LogP contribution in [-0.4, -0.2) is 111 Å². The summed E-state index contributed by atoms with van der Waals surface area (Å²) in [6.45, 7) is 2.58. The van der Waals surface area contributed by atoms with Gasteiger partial charge in [0, 0.05) is 43.5 Å². The van der Waals surface area contributed by atoms with Crippen LogP contribution < -0.4 is 38.4 Å². The van der Waals surface area contributed by atoms with Crippen LogP contribution in [0.4, 0.5) is 29.9 Å². The average Bonchev–Trinajstić information content (AvgIpc) is 3.64. The Morgan fingerprint density at radius 1 is 0.951 bits per heavy atom. The first-order chi connectivity index (χ1) is 28.9. The van der Waals surface area contributed by atoms with Gasteiger partial charge in [-0.05, 0) is 55.4 Å². The van der Waals surface area contributed by atoms with Crippen LogP contribution in [0.1, 0.15) is 64.2 Å². The predicted octanol–water partition coefficient (Wildman–Crippen LogP) is 0.571. The number of ether oxygens (including phenoxy) is 3. The van der Waals surface area contributed by atoms with Crippen molar-refractivity contribution >= 4 is 53.2 Å². The number of imide groups is 1. The lowest BCUT2D eigenvalue weighted by atomic mass is 10.0. The number of nitrogens with zero attached hydrogens (tertiary/aromatic N) is 3. The Kier molecular flexibility index (Phi) is 16.8. The molecule has 1 fully saturated rings. The van der Waals surface area contributed by atoms with Gasteiger partial charge >= 0.3 is 23.8 Å². The molecule has 0 radical (unpaired) electrons. The van der Waals surface area contributed by atoms with Crippen molar-refractivity contribution in [2.45, 2.75) is 95.4 Å². The van der Waals surface area contributed by atoms with Crippen molar-refractivity contribution in [1.29, 1.82) is 0 Å². The number of urea groups is 1. The smallest absolute Gasteiger partial charge is 0.431 e. The third-order valence-corrected chi connectivity index (χ3v) is 9.48. The van der Waals surface area contributed by atoms with Crippen molar-refractivity contribution in [2.75, 3.05) is 30.7 Å². The van der Waals surface area contributed by atoms with Gasteiger partial charge in [0.1, 0.15) is 37.2 Å². The molecule has 1 aromatic heterocycles. The van der Waals surface area contributed by atoms with Crippen LogP contribution in [0.5, 0.6) is 0 Å². The number of anilines is 2. The molecule has 1 aromatic carbocycles. The zero-order valence-corrected chi connectivity index (χ0v) is 33.3. The number of nitrogens with two attached hydrogens (primary N) is 2. The molecule has 61 heavy (non-hydrogen) atoms. The van der Waals surface area contributed by atoms with E-state index in [-0.39, 0.29) is 68.2 Å². The number of carbonyl (C=O) groups excluding carboxylic acids is 7. The van der Waals surface area contributed by atoms with E-state index in [2.05, 4.69) is 26.3 Å². The number of nitrogens with one attached hydrogen (secondary N) is 4. The highest BCUT2D eigenvalue weighted by Gasteiger charge is 2.60. The summed E-state index contributed by atoms with van der Waals surface area (Å²) < 4.78 is 45.0. The van der Waals surface area contributed by atoms with Gasteiger partial charge in [-0.15, -0.1) is 0 Å². The maximum Gasteiger partial charge on any atom is 0.508 e. The number of rotatable bonds is 21. The third-order valence-electron chi connectivity index (χ3n) is 9.48. The number of aliphatic hydroxyl groups is 1. The van der Waals surface area contributed by atoms with E-state index in [1.54, 1.807) is 13.8 Å². The van der Waals surface area contributed by atoms with Gasteiger partial charge in [0.2, 0.25) is 23.9 Å². The number of unbranched alkanes of at least 4 members (excludes halogenated alkanes) is 2. The molecule has 9 N–H and O–H groups in total. The lowest BCUT2D eigenvalue weighted by molar-refractivity contribution is -0.141. The molecule has 21 nitrogen and oxygen atoms in total. The zero-order chi connectivity index (χ0) is 44.9. The van der Waals surface area contributed by atoms with Gasteiger partial charge in [-0.25, -0.2) is 14.4 Å². The first-order valence-corrected chi connectivity index (χ1v) is 19.3. The fourth-order valence-corrected chi connectivity index (χ4v) is 6.17. The Bertz CT molecular complexity index is 2000. The molecule has 2 aliphatic rings. The number of alkyl halides is 2. The van der Waals surface area contributed by atoms with E-state index in [0.717, 1.165) is 17.2 Å². The van der Waals surface area contributed by atoms with Crippen LogP contribution in [0, 0.1) is 5.92 Å². The van der Waals surface area contributed by atoms with Gasteiger partial charge in [-0.1, -0.05) is 32.4 Å². The Balaban J connectivity index is 1.26. The summed E-state index contributed by atoms with van der Waals surface area (Å²) in [4.78, 5) is 103. The highest BCUT2D eigenvalue weighted by atomic mass is 19.3. The van der Waals surface area contributed by atoms with Gasteiger partial charge < -0.3 is 52.1 Å². The largest absolute Gasteiger partial charge is 0.508 e. The van der Waals surface area contributed by atoms with E-state index in [4.69, 9.17) is 25.7 Å². The quantitative estimate of drug-likeness (QED) is 0.0513. The van der Waals surface area contributed by atoms with Crippen molar-refractivity contribution in [3.05, 3.63) is 64.7 Å². The summed E-state index contributed by atoms with van der Waals surface area (Å²) >= 11 is 0. The molecule has 4 rings (SSSR count). The Morgan fingerprint density at radius 2 is 1.64 bits per heavy atom. The lowest BCUT2D eigenvalue weighted by Crippen LogP contribution is -2.54. The second-order valence-corrected chi connectivity index (χ2v) is 14.5. The van der Waals surface area contributed by atoms with Crippen LogP contribution in [0.3, 0.4) is 0 Å². The van der Waals surface area contributed by atoms with E-state index < -0.39 is 78.6 Å². The number of amides is 7. The van der Waals surface area contributed by atoms with Gasteiger partial charge in [0.25, 0.3) is 11.8 Å². The van der Waals surface area contributed by atoms with Crippen molar-refractivity contribution in [3.8, 4) is 0 Å². The van der Waals surface area contributed by atoms with Crippen LogP contribution in [0.2, 0.25) is 0 Å². The molecule has 2 aromatic rings. The molecular weight excluding hydrogens is 812 g/mol. The summed E-state index contributed by atoms with van der Waals surface area (Å²) in [5, 5.41) is 20.6. The SMILES string of the molecule is CC(C)[C@H](NC(=O)CCCCCN1C(=O)C=CC1=O)C(=O)N[C@@H](CCCNC(N)=O)C(=O)Nc1ccc(COC(=O)OC[C@H]2O[C@@H](n3ccc(N)nc3=O)C(F)(F)[C@@H]2O)cc1. The number of benzene rings is 1. The zero-order valence-electron chi connectivity index (χ0n) is 33.3. The van der Waals surface area contributed by atoms with Crippen molar-refractivity contribution in [2.24, 2.45) is 11.7 Å². The van der Waals surface area contributed by atoms with Gasteiger partial charge in [-0.2, -0.15) is 13.8 Å². The Morgan fingerprint density at radius 3 is 2.28 bits per heavy atom. The molecule has 332 valence electrons. The van der Waals surface area contributed by atoms with E-state index in [9.17, 15) is 52.2 Å². The minimum Gasteiger partial charge on any atom is -0.431 e. The Labute approximate surface area is 347 Å². The number of aliphatic hydroxyl groups excluding tert-OH is 1. The topological polar surface area (TPSA) is 306 Å². The maximum absolute atomic E-state index is 14.8. The molecule has 5 atom stereocenters. The summed E-state index contributed by atoms with van der Waals surface area (Å²) in [6.07, 6.45) is -2.48. The Hall–Kier alpha value is -6.49. The number of aromatic nitrogens is 2. The minimum atomic E-state index is -3.96. The molecule has 1 saturated heterocycles. The molecule has 7 amide bonds. The van der Waals surface area contributed by atoms with E-state index in [0.29, 0.717) is 29.4 Å². The third kappa shape index (κ3) is 13.5. The fraction of sp³-hybridized carbons (Fsp3) is 0.500. The second kappa shape index (κ2) is 21.7. The summed E-state index contributed by atoms with van der Waals surface area (Å²) in [5.41, 5.74) is 10.1. The molecule has 0 unspecified atom stereocenters. The lowest BCUT2D eigenvalue weighted by Gasteiger charge is -2.25. The second-order valence-electron chi connectivity index (χ2n) is 14.5. The molecular formula is C38H49F2N9O12. The predicted molar refractivity (Wildman–Crippen MR) is 209 cm³/mol. The molecule has 3 heterocycles. The number of hydrogen-bond donors (Lipinski definition) is 7. The summed E-state index contributed by atoms with van der Waals surface area (Å²) in [6, 6.07) is 4.13. The number of hydrogen-bond acceptors (Lipinski definition) is 14. The summed E-state index contributed by atoms with van der Waals surface area (Å²) in [7, 11) is 0. The monoisotopic (exact) mass is 861 g/mol. The molecule has 0 saturated carbocycles. The highest BCUT2D eigenvalue weighted by Crippen LogP contribution is 2.42. The first kappa shape index (κ1) is 47.2. The maximum atomic E-state index is 14.8. The fourth-order valence-electron chi connectivity index (χ4n) is 6.17. The number of carbonyl (C=O) groups is 7. The average molecular weight is 862 g/mol. The van der Waals surface area contributed by atoms with Crippen molar-refractivity contribution < 1.29 is 61.7 Å². The standard InChI is InChI=1S/C38H49F2N9O12/c1-21(2)30(47-27(50)8-4-3-5-17-48-28(51)13-14-29(48)52)33(55)45-24(7-6-16-43-35(42)56)32(54)44-23-11-9-22(10-12-23)19-59-37(58)60-20-25-31(53)38(39,40)34(61-25)49-18-15-26(41)46-36(49)57/h9-15,18,21,24-25,30-31,34,53H,3-8,16-17,19-20H2,1-2H3,(H,44,54)(H,45,55)(H,47,50)(H2,41,46,57)(H3,42,43,56)/t24-,25+,30-,31+,34+/m0/s1. The number of halogens is 2. The van der Waals surface area contributed by atoms with Crippen LogP contribution in [-0.2, 0) is 44.8 Å². The number of primary amides is 1. The van der Waals surface area contributed by atoms with Crippen LogP contribution >= 0.6 is 0 Å². The van der Waals surface area contributed by atoms with Gasteiger partial charge in [0.05, 0.1) is 0 Å². The highest BCUT2D eigenvalue weighted by molar-refractivity contribution is 6.12. The van der Waals surface area contributed by atoms with E-state index in [1.807, 2.05) is 0 Å². The summed E-state index contributed by atoms with van der Waals surface area (Å²) in [5.74, 6) is -6.95. The van der Waals surface area contributed by atoms with E-state index in [1.165, 1.54) is 36.4 Å². The van der Waals surface area contributed by atoms with Crippen LogP contribution in [0.25, 0.3) is 0 Å². The van der Waals surface area contributed by atoms with Gasteiger partial charge in [-0.3, -0.25) is 33.4 Å². The van der Waals surface area contributed by atoms with Gasteiger partial charge in [0.15, 0.2) is 6.10 Å². The molecule has 23 heteroatoms. The number of nitrogen functional groups attached to an aromatic ring is 1. The normalized spacial score (nSPS) is 19.0. The molecule has 0 spiro atoms. The molecule has 0 bridgehead atoms. The molecule has 2 aliphatic heterocycles. The van der Waals surface area contributed by atoms with Crippen molar-refractivity contribution in [1.82, 2.24) is 30.4 Å². The van der Waals surface area contributed by atoms with Crippen LogP contribution in [0.15, 0.2) is 53.5 Å². The van der Waals surface area contributed by atoms with E-state index >= 15 is 0 Å². The van der Waals surface area contributed by atoms with Crippen molar-refractivity contribution in [3.63, 3.8) is 0 Å².